The largest absolute Gasteiger partial charge is 0.391 e. The van der Waals surface area contributed by atoms with Crippen molar-refractivity contribution in [3.63, 3.8) is 0 Å². The first-order valence-electron chi connectivity index (χ1n) is 8.35. The molecule has 1 N–H and O–H groups in total. The van der Waals surface area contributed by atoms with Crippen LogP contribution in [-0.4, -0.2) is 65.6 Å². The fraction of sp³-hybridized carbons (Fsp3) is 0.938. The number of alkyl halides is 2. The van der Waals surface area contributed by atoms with Gasteiger partial charge in [0.15, 0.2) is 0 Å². The number of aliphatic hydroxyl groups is 1. The van der Waals surface area contributed by atoms with E-state index in [-0.39, 0.29) is 24.9 Å². The summed E-state index contributed by atoms with van der Waals surface area (Å²) < 4.78 is 28.1. The van der Waals surface area contributed by atoms with Gasteiger partial charge in [0.25, 0.3) is 5.92 Å². The number of hydrogen-bond donors (Lipinski definition) is 1. The highest BCUT2D eigenvalue weighted by Gasteiger charge is 2.46. The molecule has 0 bridgehead atoms. The summed E-state index contributed by atoms with van der Waals surface area (Å²) in [4.78, 5) is 15.1. The number of rotatable bonds is 3. The molecular weight excluding hydrogens is 290 g/mol. The minimum Gasteiger partial charge on any atom is -0.391 e. The molecule has 0 saturated carbocycles. The first-order valence-corrected chi connectivity index (χ1v) is 8.35. The van der Waals surface area contributed by atoms with Crippen molar-refractivity contribution in [2.75, 3.05) is 32.7 Å². The highest BCUT2D eigenvalue weighted by atomic mass is 19.3. The van der Waals surface area contributed by atoms with Gasteiger partial charge in [-0.2, -0.15) is 0 Å². The molecule has 6 heteroatoms. The molecule has 2 aliphatic rings. The zero-order valence-corrected chi connectivity index (χ0v) is 14.2. The molecule has 130 valence electrons. The van der Waals surface area contributed by atoms with Crippen LogP contribution in [0, 0.1) is 11.8 Å². The molecule has 2 unspecified atom stereocenters. The van der Waals surface area contributed by atoms with Crippen LogP contribution >= 0.6 is 0 Å². The van der Waals surface area contributed by atoms with Crippen LogP contribution in [0.5, 0.6) is 0 Å². The lowest BCUT2D eigenvalue weighted by Gasteiger charge is -2.40. The molecule has 0 aliphatic carbocycles. The highest BCUT2D eigenvalue weighted by molar-refractivity contribution is 5.78. The van der Waals surface area contributed by atoms with E-state index < -0.39 is 17.9 Å². The SMILES string of the molecule is CC.CC(C)C1CCN(CC(=O)N2CCC(O)C2)CC1(F)F. The van der Waals surface area contributed by atoms with E-state index in [1.807, 2.05) is 27.7 Å². The molecule has 0 radical (unpaired) electrons. The zero-order valence-electron chi connectivity index (χ0n) is 14.2. The Bertz CT molecular complexity index is 364. The number of likely N-dealkylation sites (tertiary alicyclic amines) is 2. The van der Waals surface area contributed by atoms with Crippen LogP contribution in [-0.2, 0) is 4.79 Å². The number of amides is 1. The summed E-state index contributed by atoms with van der Waals surface area (Å²) in [5.74, 6) is -3.52. The topological polar surface area (TPSA) is 43.8 Å². The summed E-state index contributed by atoms with van der Waals surface area (Å²) in [5, 5.41) is 9.41. The predicted molar refractivity (Wildman–Crippen MR) is 82.9 cm³/mol. The first-order chi connectivity index (χ1) is 10.3. The van der Waals surface area contributed by atoms with Crippen molar-refractivity contribution in [2.24, 2.45) is 11.8 Å². The Labute approximate surface area is 132 Å². The second-order valence-electron chi connectivity index (χ2n) is 6.39. The summed E-state index contributed by atoms with van der Waals surface area (Å²) >= 11 is 0. The number of carbonyl (C=O) groups is 1. The Morgan fingerprint density at radius 3 is 2.36 bits per heavy atom. The average Bonchev–Trinajstić information content (AvgIpc) is 2.86. The monoisotopic (exact) mass is 320 g/mol. The maximum absolute atomic E-state index is 14.1. The number of aliphatic hydroxyl groups excluding tert-OH is 1. The molecule has 2 fully saturated rings. The second-order valence-corrected chi connectivity index (χ2v) is 6.39. The van der Waals surface area contributed by atoms with Crippen LogP contribution in [0.25, 0.3) is 0 Å². The van der Waals surface area contributed by atoms with Crippen molar-refractivity contribution in [2.45, 2.75) is 52.6 Å². The minimum atomic E-state index is -2.72. The average molecular weight is 320 g/mol. The van der Waals surface area contributed by atoms with Gasteiger partial charge in [-0.15, -0.1) is 0 Å². The number of β-amino-alcohol motifs (C(OH)–C–C–N with tert-alkyl or cyclic N) is 1. The maximum atomic E-state index is 14.1. The zero-order chi connectivity index (χ0) is 16.9. The third kappa shape index (κ3) is 4.88. The van der Waals surface area contributed by atoms with Gasteiger partial charge >= 0.3 is 0 Å². The molecule has 22 heavy (non-hydrogen) atoms. The van der Waals surface area contributed by atoms with Crippen LogP contribution in [0.3, 0.4) is 0 Å². The molecule has 0 aromatic carbocycles. The minimum absolute atomic E-state index is 0.0348. The van der Waals surface area contributed by atoms with Crippen LogP contribution in [0.2, 0.25) is 0 Å². The van der Waals surface area contributed by atoms with Crippen molar-refractivity contribution in [1.82, 2.24) is 9.80 Å². The number of carbonyl (C=O) groups excluding carboxylic acids is 1. The Kier molecular flexibility index (Phi) is 7.19. The van der Waals surface area contributed by atoms with E-state index in [0.717, 1.165) is 0 Å². The highest BCUT2D eigenvalue weighted by Crippen LogP contribution is 2.37. The van der Waals surface area contributed by atoms with Crippen LogP contribution in [0.1, 0.15) is 40.5 Å². The molecular formula is C16H30F2N2O2. The summed E-state index contributed by atoms with van der Waals surface area (Å²) in [7, 11) is 0. The lowest BCUT2D eigenvalue weighted by Crippen LogP contribution is -2.52. The lowest BCUT2D eigenvalue weighted by molar-refractivity contribution is -0.142. The molecule has 2 atom stereocenters. The summed E-state index contributed by atoms with van der Waals surface area (Å²) in [6.45, 7) is 8.75. The number of halogens is 2. The van der Waals surface area contributed by atoms with Crippen molar-refractivity contribution in [1.29, 1.82) is 0 Å². The Morgan fingerprint density at radius 2 is 1.91 bits per heavy atom. The van der Waals surface area contributed by atoms with Crippen LogP contribution < -0.4 is 0 Å². The normalized spacial score (nSPS) is 28.5. The third-order valence-corrected chi connectivity index (χ3v) is 4.41. The van der Waals surface area contributed by atoms with E-state index in [0.29, 0.717) is 32.5 Å². The van der Waals surface area contributed by atoms with E-state index in [4.69, 9.17) is 0 Å². The third-order valence-electron chi connectivity index (χ3n) is 4.41. The van der Waals surface area contributed by atoms with E-state index in [2.05, 4.69) is 0 Å². The molecule has 2 aliphatic heterocycles. The second kappa shape index (κ2) is 8.20. The fourth-order valence-corrected chi connectivity index (χ4v) is 3.24. The Morgan fingerprint density at radius 1 is 1.27 bits per heavy atom. The van der Waals surface area contributed by atoms with Gasteiger partial charge in [0.05, 0.1) is 19.2 Å². The summed E-state index contributed by atoms with van der Waals surface area (Å²) in [6.07, 6.45) is 0.546. The molecule has 1 amide bonds. The summed E-state index contributed by atoms with van der Waals surface area (Å²) in [5.41, 5.74) is 0. The maximum Gasteiger partial charge on any atom is 0.263 e. The van der Waals surface area contributed by atoms with Gasteiger partial charge in [0.1, 0.15) is 0 Å². The van der Waals surface area contributed by atoms with E-state index in [9.17, 15) is 18.7 Å². The van der Waals surface area contributed by atoms with Crippen LogP contribution in [0.4, 0.5) is 8.78 Å². The standard InChI is InChI=1S/C14H24F2N2O2.C2H6/c1-10(2)12-4-5-17(9-14(12,15)16)8-13(20)18-6-3-11(19)7-18;1-2/h10-12,19H,3-9H2,1-2H3;1-2H3. The van der Waals surface area contributed by atoms with Gasteiger partial charge in [0.2, 0.25) is 5.91 Å². The lowest BCUT2D eigenvalue weighted by atomic mass is 9.83. The van der Waals surface area contributed by atoms with Gasteiger partial charge in [-0.05, 0) is 25.3 Å². The first kappa shape index (κ1) is 19.3. The number of piperidine rings is 1. The van der Waals surface area contributed by atoms with Crippen molar-refractivity contribution < 1.29 is 18.7 Å². The summed E-state index contributed by atoms with van der Waals surface area (Å²) in [6, 6.07) is 0. The van der Waals surface area contributed by atoms with Gasteiger partial charge in [-0.1, -0.05) is 27.7 Å². The van der Waals surface area contributed by atoms with Gasteiger partial charge in [-0.25, -0.2) is 8.78 Å². The fourth-order valence-electron chi connectivity index (χ4n) is 3.24. The molecule has 2 rings (SSSR count). The van der Waals surface area contributed by atoms with Gasteiger partial charge in [0, 0.05) is 19.0 Å². The molecule has 2 saturated heterocycles. The number of hydrogen-bond acceptors (Lipinski definition) is 3. The van der Waals surface area contributed by atoms with E-state index in [1.165, 1.54) is 0 Å². The predicted octanol–water partition coefficient (Wildman–Crippen LogP) is 2.22. The Balaban J connectivity index is 0.00000116. The van der Waals surface area contributed by atoms with Crippen molar-refractivity contribution >= 4 is 5.91 Å². The Hall–Kier alpha value is -0.750. The van der Waals surface area contributed by atoms with Gasteiger partial charge < -0.3 is 10.0 Å². The van der Waals surface area contributed by atoms with E-state index >= 15 is 0 Å². The van der Waals surface area contributed by atoms with Crippen LogP contribution in [0.15, 0.2) is 0 Å². The molecule has 0 aromatic rings. The quantitative estimate of drug-likeness (QED) is 0.867. The van der Waals surface area contributed by atoms with Crippen molar-refractivity contribution in [3.8, 4) is 0 Å². The van der Waals surface area contributed by atoms with Crippen molar-refractivity contribution in [3.05, 3.63) is 0 Å². The smallest absolute Gasteiger partial charge is 0.263 e. The molecule has 0 aromatic heterocycles. The van der Waals surface area contributed by atoms with E-state index in [1.54, 1.807) is 9.80 Å². The van der Waals surface area contributed by atoms with Gasteiger partial charge in [-0.3, -0.25) is 9.69 Å². The molecule has 0 spiro atoms. The molecule has 2 heterocycles. The molecule has 4 nitrogen and oxygen atoms in total. The number of nitrogens with zero attached hydrogens (tertiary/aromatic N) is 2.